The van der Waals surface area contributed by atoms with Gasteiger partial charge < -0.3 is 14.5 Å². The van der Waals surface area contributed by atoms with Gasteiger partial charge in [0.2, 0.25) is 0 Å². The predicted octanol–water partition coefficient (Wildman–Crippen LogP) is 4.93. The number of hydrogen-bond acceptors (Lipinski definition) is 3. The Morgan fingerprint density at radius 1 is 1.33 bits per heavy atom. The van der Waals surface area contributed by atoms with Crippen LogP contribution in [0.1, 0.15) is 36.5 Å². The maximum absolute atomic E-state index is 6.03. The van der Waals surface area contributed by atoms with Gasteiger partial charge in [0, 0.05) is 16.6 Å². The summed E-state index contributed by atoms with van der Waals surface area (Å²) in [6.45, 7) is 3.52. The maximum atomic E-state index is 6.03. The van der Waals surface area contributed by atoms with E-state index in [1.54, 1.807) is 7.11 Å². The highest BCUT2D eigenvalue weighted by atomic mass is 79.9. The molecular formula is C16H19BrClNO2. The minimum atomic E-state index is -0.0119. The molecule has 2 aromatic rings. The molecule has 0 aliphatic heterocycles. The first-order valence-corrected chi connectivity index (χ1v) is 8.08. The third-order valence-electron chi connectivity index (χ3n) is 3.13. The minimum Gasteiger partial charge on any atom is -0.462 e. The number of halogens is 2. The number of benzene rings is 1. The quantitative estimate of drug-likeness (QED) is 0.748. The van der Waals surface area contributed by atoms with Gasteiger partial charge >= 0.3 is 0 Å². The molecule has 21 heavy (non-hydrogen) atoms. The second-order valence-electron chi connectivity index (χ2n) is 4.79. The van der Waals surface area contributed by atoms with Crippen molar-refractivity contribution in [3.63, 3.8) is 0 Å². The summed E-state index contributed by atoms with van der Waals surface area (Å²) in [5.41, 5.74) is 1.10. The van der Waals surface area contributed by atoms with Crippen molar-refractivity contribution in [1.29, 1.82) is 0 Å². The summed E-state index contributed by atoms with van der Waals surface area (Å²) in [6, 6.07) is 9.73. The Bertz CT molecular complexity index is 585. The topological polar surface area (TPSA) is 34.4 Å². The van der Waals surface area contributed by atoms with Crippen molar-refractivity contribution in [1.82, 2.24) is 5.32 Å². The summed E-state index contributed by atoms with van der Waals surface area (Å²) in [7, 11) is 1.66. The molecule has 5 heteroatoms. The Morgan fingerprint density at radius 2 is 2.14 bits per heavy atom. The molecular weight excluding hydrogens is 354 g/mol. The van der Waals surface area contributed by atoms with Crippen LogP contribution in [0.4, 0.5) is 0 Å². The third kappa shape index (κ3) is 4.33. The highest BCUT2D eigenvalue weighted by Gasteiger charge is 2.20. The second-order valence-corrected chi connectivity index (χ2v) is 6.08. The van der Waals surface area contributed by atoms with Gasteiger partial charge in [-0.2, -0.15) is 0 Å². The van der Waals surface area contributed by atoms with E-state index in [-0.39, 0.29) is 6.04 Å². The number of hydrogen-bond donors (Lipinski definition) is 1. The van der Waals surface area contributed by atoms with Gasteiger partial charge in [0.15, 0.2) is 0 Å². The number of rotatable bonds is 7. The summed E-state index contributed by atoms with van der Waals surface area (Å²) < 4.78 is 12.0. The molecule has 3 nitrogen and oxygen atoms in total. The lowest BCUT2D eigenvalue weighted by Gasteiger charge is -2.18. The summed E-state index contributed by atoms with van der Waals surface area (Å²) in [4.78, 5) is 0. The maximum Gasteiger partial charge on any atom is 0.129 e. The molecule has 0 fully saturated rings. The molecule has 0 aliphatic rings. The minimum absolute atomic E-state index is 0.0119. The fourth-order valence-electron chi connectivity index (χ4n) is 2.16. The van der Waals surface area contributed by atoms with Gasteiger partial charge in [0.1, 0.15) is 18.1 Å². The van der Waals surface area contributed by atoms with Crippen molar-refractivity contribution >= 4 is 27.5 Å². The number of nitrogens with one attached hydrogen (secondary N) is 1. The zero-order chi connectivity index (χ0) is 15.2. The Labute approximate surface area is 138 Å². The van der Waals surface area contributed by atoms with Crippen LogP contribution in [0.15, 0.2) is 39.2 Å². The molecule has 1 atom stereocenters. The van der Waals surface area contributed by atoms with E-state index < -0.39 is 0 Å². The summed E-state index contributed by atoms with van der Waals surface area (Å²) in [5, 5.41) is 4.22. The Morgan fingerprint density at radius 3 is 2.81 bits per heavy atom. The van der Waals surface area contributed by atoms with Crippen molar-refractivity contribution in [2.45, 2.75) is 26.0 Å². The van der Waals surface area contributed by atoms with E-state index in [1.807, 2.05) is 30.3 Å². The van der Waals surface area contributed by atoms with E-state index >= 15 is 0 Å². The van der Waals surface area contributed by atoms with E-state index in [2.05, 4.69) is 28.2 Å². The van der Waals surface area contributed by atoms with Gasteiger partial charge in [0.25, 0.3) is 0 Å². The zero-order valence-electron chi connectivity index (χ0n) is 12.2. The molecule has 0 saturated heterocycles. The van der Waals surface area contributed by atoms with Crippen molar-refractivity contribution in [2.75, 3.05) is 13.7 Å². The van der Waals surface area contributed by atoms with E-state index in [4.69, 9.17) is 20.8 Å². The van der Waals surface area contributed by atoms with Crippen LogP contribution in [0.25, 0.3) is 0 Å². The first-order valence-electron chi connectivity index (χ1n) is 6.91. The van der Waals surface area contributed by atoms with Crippen LogP contribution in [-0.4, -0.2) is 13.7 Å². The molecule has 0 aliphatic carbocycles. The first-order chi connectivity index (χ1) is 10.2. The van der Waals surface area contributed by atoms with Crippen LogP contribution in [0.2, 0.25) is 5.02 Å². The van der Waals surface area contributed by atoms with Gasteiger partial charge in [-0.25, -0.2) is 0 Å². The number of furan rings is 1. The molecule has 2 rings (SSSR count). The normalized spacial score (nSPS) is 12.6. The van der Waals surface area contributed by atoms with Crippen LogP contribution in [0.5, 0.6) is 0 Å². The molecule has 0 radical (unpaired) electrons. The van der Waals surface area contributed by atoms with E-state index in [0.29, 0.717) is 11.6 Å². The van der Waals surface area contributed by atoms with Crippen LogP contribution in [0.3, 0.4) is 0 Å². The lowest BCUT2D eigenvalue weighted by atomic mass is 10.0. The van der Waals surface area contributed by atoms with Crippen molar-refractivity contribution in [3.8, 4) is 0 Å². The van der Waals surface area contributed by atoms with Gasteiger partial charge in [0.05, 0.1) is 6.04 Å². The summed E-state index contributed by atoms with van der Waals surface area (Å²) >= 11 is 9.61. The molecule has 0 spiro atoms. The molecule has 1 aromatic carbocycles. The molecule has 0 amide bonds. The number of ether oxygens (including phenoxy) is 1. The Balaban J connectivity index is 2.32. The molecule has 0 saturated carbocycles. The first kappa shape index (κ1) is 16.6. The number of methoxy groups -OCH3 is 1. The van der Waals surface area contributed by atoms with Crippen LogP contribution in [-0.2, 0) is 11.3 Å². The fraction of sp³-hybridized carbons (Fsp3) is 0.375. The monoisotopic (exact) mass is 371 g/mol. The Kier molecular flexibility index (Phi) is 6.30. The van der Waals surface area contributed by atoms with Crippen molar-refractivity contribution in [2.24, 2.45) is 0 Å². The van der Waals surface area contributed by atoms with Gasteiger partial charge in [-0.15, -0.1) is 0 Å². The second kappa shape index (κ2) is 7.99. The van der Waals surface area contributed by atoms with Crippen LogP contribution < -0.4 is 5.32 Å². The smallest absolute Gasteiger partial charge is 0.129 e. The van der Waals surface area contributed by atoms with Gasteiger partial charge in [-0.1, -0.05) is 40.5 Å². The molecule has 1 heterocycles. The van der Waals surface area contributed by atoms with Gasteiger partial charge in [-0.05, 0) is 42.8 Å². The molecule has 0 bridgehead atoms. The standard InChI is InChI=1S/C16H19BrClNO2/c1-3-8-19-16(13-6-4-11(18)9-14(13)17)15-7-5-12(21-15)10-20-2/h4-7,9,16,19H,3,8,10H2,1-2H3. The van der Waals surface area contributed by atoms with E-state index in [1.165, 1.54) is 0 Å². The van der Waals surface area contributed by atoms with Crippen molar-refractivity contribution in [3.05, 3.63) is 56.9 Å². The van der Waals surface area contributed by atoms with Crippen molar-refractivity contribution < 1.29 is 9.15 Å². The third-order valence-corrected chi connectivity index (χ3v) is 4.05. The predicted molar refractivity (Wildman–Crippen MR) is 88.7 cm³/mol. The molecule has 1 N–H and O–H groups in total. The summed E-state index contributed by atoms with van der Waals surface area (Å²) in [5.74, 6) is 1.69. The molecule has 1 unspecified atom stereocenters. The average Bonchev–Trinajstić information content (AvgIpc) is 2.90. The highest BCUT2D eigenvalue weighted by Crippen LogP contribution is 2.31. The van der Waals surface area contributed by atoms with Crippen LogP contribution >= 0.6 is 27.5 Å². The summed E-state index contributed by atoms with van der Waals surface area (Å²) in [6.07, 6.45) is 1.05. The molecule has 1 aromatic heterocycles. The highest BCUT2D eigenvalue weighted by molar-refractivity contribution is 9.10. The van der Waals surface area contributed by atoms with Gasteiger partial charge in [-0.3, -0.25) is 0 Å². The Hall–Kier alpha value is -0.810. The zero-order valence-corrected chi connectivity index (χ0v) is 14.5. The SMILES string of the molecule is CCCNC(c1ccc(COC)o1)c1ccc(Cl)cc1Br. The van der Waals surface area contributed by atoms with Crippen LogP contribution in [0, 0.1) is 0 Å². The lowest BCUT2D eigenvalue weighted by Crippen LogP contribution is -2.23. The average molecular weight is 373 g/mol. The fourth-order valence-corrected chi connectivity index (χ4v) is 3.07. The van der Waals surface area contributed by atoms with E-state index in [0.717, 1.165) is 34.5 Å². The van der Waals surface area contributed by atoms with E-state index in [9.17, 15) is 0 Å². The molecule has 114 valence electrons. The lowest BCUT2D eigenvalue weighted by molar-refractivity contribution is 0.162. The largest absolute Gasteiger partial charge is 0.462 e.